The first-order valence-corrected chi connectivity index (χ1v) is 8.59. The number of imidazole rings is 1. The molecule has 1 aromatic carbocycles. The van der Waals surface area contributed by atoms with Gasteiger partial charge in [-0.2, -0.15) is 10.4 Å². The molecule has 7 heteroatoms. The van der Waals surface area contributed by atoms with E-state index >= 15 is 0 Å². The van der Waals surface area contributed by atoms with E-state index in [1.54, 1.807) is 24.5 Å². The Balaban J connectivity index is 1.42. The van der Waals surface area contributed by atoms with Crippen LogP contribution in [0, 0.1) is 11.3 Å². The highest BCUT2D eigenvalue weighted by Gasteiger charge is 2.27. The van der Waals surface area contributed by atoms with E-state index in [1.165, 1.54) is 0 Å². The Morgan fingerprint density at radius 3 is 3.19 bits per heavy atom. The summed E-state index contributed by atoms with van der Waals surface area (Å²) in [5.74, 6) is 0.523. The third-order valence-corrected chi connectivity index (χ3v) is 4.72. The van der Waals surface area contributed by atoms with Gasteiger partial charge in [-0.1, -0.05) is 12.1 Å². The molecule has 1 amide bonds. The fourth-order valence-electron chi connectivity index (χ4n) is 3.38. The number of aromatic nitrogens is 4. The van der Waals surface area contributed by atoms with Crippen LogP contribution in [-0.4, -0.2) is 26.1 Å². The van der Waals surface area contributed by atoms with Gasteiger partial charge in [0, 0.05) is 16.8 Å². The maximum absolute atomic E-state index is 12.6. The average Bonchev–Trinajstić information content (AvgIpc) is 3.35. The molecule has 130 valence electrons. The third-order valence-electron chi connectivity index (χ3n) is 4.72. The van der Waals surface area contributed by atoms with E-state index in [9.17, 15) is 4.79 Å². The summed E-state index contributed by atoms with van der Waals surface area (Å²) in [7, 11) is 0. The minimum absolute atomic E-state index is 0.00298. The molecule has 0 bridgehead atoms. The molecular formula is C19H18N6O. The third kappa shape index (κ3) is 3.09. The van der Waals surface area contributed by atoms with Crippen molar-refractivity contribution in [2.24, 2.45) is 0 Å². The van der Waals surface area contributed by atoms with E-state index in [0.29, 0.717) is 17.9 Å². The van der Waals surface area contributed by atoms with Gasteiger partial charge in [-0.3, -0.25) is 9.89 Å². The van der Waals surface area contributed by atoms with Crippen LogP contribution in [0.25, 0.3) is 11.3 Å². The van der Waals surface area contributed by atoms with E-state index < -0.39 is 0 Å². The fourth-order valence-corrected chi connectivity index (χ4v) is 3.38. The number of fused-ring (bicyclic) bond motifs is 1. The smallest absolute Gasteiger partial charge is 0.228 e. The van der Waals surface area contributed by atoms with Crippen LogP contribution in [0.2, 0.25) is 0 Å². The standard InChI is InChI=1S/C19H18N6O/c20-8-12-3-1-4-13(7-12)17-10-21-18(24-17)11-22-19(26)14-5-2-6-16-15(14)9-23-25-16/h1,3-4,7,9-10,14H,2,5-6,11H2,(H,21,24)(H,22,26)(H,23,25)/t14-/m0/s1. The molecule has 3 N–H and O–H groups in total. The first-order valence-electron chi connectivity index (χ1n) is 8.59. The van der Waals surface area contributed by atoms with E-state index in [-0.39, 0.29) is 11.8 Å². The summed E-state index contributed by atoms with van der Waals surface area (Å²) in [5, 5.41) is 19.0. The summed E-state index contributed by atoms with van der Waals surface area (Å²) in [5.41, 5.74) is 4.38. The summed E-state index contributed by atoms with van der Waals surface area (Å²) in [4.78, 5) is 20.1. The molecule has 0 aliphatic heterocycles. The number of nitrogens with one attached hydrogen (secondary N) is 3. The predicted octanol–water partition coefficient (Wildman–Crippen LogP) is 2.41. The van der Waals surface area contributed by atoms with Gasteiger partial charge in [-0.05, 0) is 31.4 Å². The SMILES string of the molecule is N#Cc1cccc(-c2cnc(CNC(=O)[C@H]3CCCc4[nH]ncc43)[nH]2)c1. The zero-order valence-corrected chi connectivity index (χ0v) is 14.1. The van der Waals surface area contributed by atoms with Gasteiger partial charge >= 0.3 is 0 Å². The number of hydrogen-bond donors (Lipinski definition) is 3. The molecule has 0 spiro atoms. The quantitative estimate of drug-likeness (QED) is 0.673. The number of aromatic amines is 2. The lowest BCUT2D eigenvalue weighted by Gasteiger charge is -2.20. The second kappa shape index (κ2) is 6.84. The Hall–Kier alpha value is -3.40. The minimum Gasteiger partial charge on any atom is -0.348 e. The van der Waals surface area contributed by atoms with Crippen LogP contribution in [0.3, 0.4) is 0 Å². The summed E-state index contributed by atoms with van der Waals surface area (Å²) in [6, 6.07) is 9.44. The first kappa shape index (κ1) is 16.1. The largest absolute Gasteiger partial charge is 0.348 e. The van der Waals surface area contributed by atoms with Crippen molar-refractivity contribution in [3.05, 3.63) is 59.3 Å². The van der Waals surface area contributed by atoms with E-state index in [2.05, 4.69) is 31.6 Å². The summed E-state index contributed by atoms with van der Waals surface area (Å²) in [6.07, 6.45) is 6.23. The number of aryl methyl sites for hydroxylation is 1. The Labute approximate surface area is 150 Å². The second-order valence-corrected chi connectivity index (χ2v) is 6.40. The van der Waals surface area contributed by atoms with Crippen molar-refractivity contribution in [2.45, 2.75) is 31.7 Å². The fraction of sp³-hybridized carbons (Fsp3) is 0.263. The molecule has 26 heavy (non-hydrogen) atoms. The molecule has 1 atom stereocenters. The molecule has 0 unspecified atom stereocenters. The van der Waals surface area contributed by atoms with Crippen molar-refractivity contribution < 1.29 is 4.79 Å². The first-order chi connectivity index (χ1) is 12.7. The van der Waals surface area contributed by atoms with Crippen molar-refractivity contribution in [1.29, 1.82) is 5.26 Å². The molecule has 2 aromatic heterocycles. The van der Waals surface area contributed by atoms with Crippen LogP contribution in [0.1, 0.15) is 41.4 Å². The van der Waals surface area contributed by atoms with Gasteiger partial charge in [0.2, 0.25) is 5.91 Å². The molecule has 3 aromatic rings. The Morgan fingerprint density at radius 1 is 1.38 bits per heavy atom. The van der Waals surface area contributed by atoms with Crippen LogP contribution in [0.15, 0.2) is 36.7 Å². The summed E-state index contributed by atoms with van der Waals surface area (Å²) < 4.78 is 0. The lowest BCUT2D eigenvalue weighted by Crippen LogP contribution is -2.31. The predicted molar refractivity (Wildman–Crippen MR) is 94.9 cm³/mol. The van der Waals surface area contributed by atoms with Crippen molar-refractivity contribution >= 4 is 5.91 Å². The van der Waals surface area contributed by atoms with E-state index in [1.807, 2.05) is 12.1 Å². The monoisotopic (exact) mass is 346 g/mol. The zero-order chi connectivity index (χ0) is 17.9. The van der Waals surface area contributed by atoms with Crippen LogP contribution in [0.5, 0.6) is 0 Å². The number of benzene rings is 1. The number of rotatable bonds is 4. The molecule has 0 radical (unpaired) electrons. The van der Waals surface area contributed by atoms with Crippen LogP contribution >= 0.6 is 0 Å². The Kier molecular flexibility index (Phi) is 4.23. The van der Waals surface area contributed by atoms with Crippen molar-refractivity contribution in [2.75, 3.05) is 0 Å². The number of nitriles is 1. The summed E-state index contributed by atoms with van der Waals surface area (Å²) in [6.45, 7) is 0.334. The lowest BCUT2D eigenvalue weighted by atomic mass is 9.86. The van der Waals surface area contributed by atoms with E-state index in [0.717, 1.165) is 41.8 Å². The maximum Gasteiger partial charge on any atom is 0.228 e. The van der Waals surface area contributed by atoms with Gasteiger partial charge in [0.05, 0.1) is 42.2 Å². The van der Waals surface area contributed by atoms with Crippen molar-refractivity contribution in [1.82, 2.24) is 25.5 Å². The number of nitrogens with zero attached hydrogens (tertiary/aromatic N) is 3. The van der Waals surface area contributed by atoms with Gasteiger partial charge in [0.1, 0.15) is 5.82 Å². The number of carbonyl (C=O) groups is 1. The average molecular weight is 346 g/mol. The van der Waals surface area contributed by atoms with Crippen molar-refractivity contribution in [3.8, 4) is 17.3 Å². The van der Waals surface area contributed by atoms with Crippen molar-refractivity contribution in [3.63, 3.8) is 0 Å². The molecule has 2 heterocycles. The van der Waals surface area contributed by atoms with Gasteiger partial charge in [0.15, 0.2) is 0 Å². The number of hydrogen-bond acceptors (Lipinski definition) is 4. The summed E-state index contributed by atoms with van der Waals surface area (Å²) >= 11 is 0. The topological polar surface area (TPSA) is 110 Å². The Bertz CT molecular complexity index is 980. The van der Waals surface area contributed by atoms with E-state index in [4.69, 9.17) is 5.26 Å². The second-order valence-electron chi connectivity index (χ2n) is 6.40. The highest BCUT2D eigenvalue weighted by molar-refractivity contribution is 5.84. The number of H-pyrrole nitrogens is 2. The zero-order valence-electron chi connectivity index (χ0n) is 14.1. The molecule has 0 fully saturated rings. The van der Waals surface area contributed by atoms with Gasteiger partial charge in [0.25, 0.3) is 0 Å². The highest BCUT2D eigenvalue weighted by atomic mass is 16.1. The lowest BCUT2D eigenvalue weighted by molar-refractivity contribution is -0.123. The van der Waals surface area contributed by atoms with Gasteiger partial charge < -0.3 is 10.3 Å². The normalized spacial score (nSPS) is 15.9. The Morgan fingerprint density at radius 2 is 2.31 bits per heavy atom. The highest BCUT2D eigenvalue weighted by Crippen LogP contribution is 2.30. The van der Waals surface area contributed by atoms with Crippen LogP contribution in [0.4, 0.5) is 0 Å². The molecule has 7 nitrogen and oxygen atoms in total. The van der Waals surface area contributed by atoms with Gasteiger partial charge in [-0.25, -0.2) is 4.98 Å². The van der Waals surface area contributed by atoms with Crippen LogP contribution < -0.4 is 5.32 Å². The molecular weight excluding hydrogens is 328 g/mol. The number of amides is 1. The van der Waals surface area contributed by atoms with Crippen LogP contribution in [-0.2, 0) is 17.8 Å². The molecule has 1 aliphatic carbocycles. The minimum atomic E-state index is -0.153. The van der Waals surface area contributed by atoms with Gasteiger partial charge in [-0.15, -0.1) is 0 Å². The number of carbonyl (C=O) groups excluding carboxylic acids is 1. The molecule has 1 aliphatic rings. The molecule has 4 rings (SSSR count). The maximum atomic E-state index is 12.6. The molecule has 0 saturated carbocycles. The molecule has 0 saturated heterocycles.